The lowest BCUT2D eigenvalue weighted by Gasteiger charge is -2.02. The van der Waals surface area contributed by atoms with Gasteiger partial charge in [-0.3, -0.25) is 14.8 Å². The van der Waals surface area contributed by atoms with Crippen LogP contribution < -0.4 is 10.8 Å². The van der Waals surface area contributed by atoms with Gasteiger partial charge in [0.25, 0.3) is 0 Å². The van der Waals surface area contributed by atoms with E-state index in [2.05, 4.69) is 5.32 Å². The Kier molecular flexibility index (Phi) is 9.43. The first-order chi connectivity index (χ1) is 11.1. The van der Waals surface area contributed by atoms with Gasteiger partial charge in [-0.1, -0.05) is 48.4 Å². The second-order valence-corrected chi connectivity index (χ2v) is 5.34. The third-order valence-corrected chi connectivity index (χ3v) is 3.27. The zero-order valence-corrected chi connectivity index (χ0v) is 13.6. The van der Waals surface area contributed by atoms with Gasteiger partial charge in [0.2, 0.25) is 11.8 Å². The lowest BCUT2D eigenvalue weighted by molar-refractivity contribution is -0.129. The molecule has 5 nitrogen and oxygen atoms in total. The van der Waals surface area contributed by atoms with E-state index in [0.29, 0.717) is 24.4 Å². The molecule has 3 N–H and O–H groups in total. The molecule has 0 saturated carbocycles. The lowest BCUT2D eigenvalue weighted by atomic mass is 10.2. The van der Waals surface area contributed by atoms with Crippen molar-refractivity contribution in [2.24, 2.45) is 0 Å². The van der Waals surface area contributed by atoms with Crippen molar-refractivity contribution >= 4 is 29.5 Å². The zero-order chi connectivity index (χ0) is 16.9. The van der Waals surface area contributed by atoms with E-state index < -0.39 is 0 Å². The molecule has 0 fully saturated rings. The van der Waals surface area contributed by atoms with Gasteiger partial charge in [-0.2, -0.15) is 0 Å². The van der Waals surface area contributed by atoms with Gasteiger partial charge in [-0.15, -0.1) is 0 Å². The topological polar surface area (TPSA) is 78.4 Å². The van der Waals surface area contributed by atoms with E-state index >= 15 is 0 Å². The summed E-state index contributed by atoms with van der Waals surface area (Å²) >= 11 is 5.80. The predicted molar refractivity (Wildman–Crippen MR) is 91.0 cm³/mol. The highest BCUT2D eigenvalue weighted by atomic mass is 35.5. The van der Waals surface area contributed by atoms with Gasteiger partial charge in [0, 0.05) is 24.1 Å². The van der Waals surface area contributed by atoms with Crippen LogP contribution in [0.5, 0.6) is 0 Å². The second-order valence-electron chi connectivity index (χ2n) is 4.91. The molecule has 0 bridgehead atoms. The number of unbranched alkanes of at least 4 members (excludes halogenated alkanes) is 2. The summed E-state index contributed by atoms with van der Waals surface area (Å²) in [5, 5.41) is 11.8. The second kappa shape index (κ2) is 11.5. The van der Waals surface area contributed by atoms with Crippen molar-refractivity contribution < 1.29 is 14.8 Å². The Morgan fingerprint density at radius 3 is 2.52 bits per heavy atom. The molecule has 0 aromatic heterocycles. The fraction of sp³-hybridized carbons (Fsp3) is 0.294. The number of hydrogen-bond acceptors (Lipinski definition) is 3. The van der Waals surface area contributed by atoms with Crippen LogP contribution in [-0.4, -0.2) is 23.6 Å². The van der Waals surface area contributed by atoms with Crippen molar-refractivity contribution in [3.05, 3.63) is 53.1 Å². The van der Waals surface area contributed by atoms with Gasteiger partial charge in [-0.25, -0.2) is 5.48 Å². The summed E-state index contributed by atoms with van der Waals surface area (Å²) in [6, 6.07) is 7.40. The van der Waals surface area contributed by atoms with Gasteiger partial charge in [-0.05, 0) is 30.5 Å². The first kappa shape index (κ1) is 18.9. The Labute approximate surface area is 141 Å². The summed E-state index contributed by atoms with van der Waals surface area (Å²) < 4.78 is 0. The Morgan fingerprint density at radius 1 is 1.09 bits per heavy atom. The van der Waals surface area contributed by atoms with Gasteiger partial charge >= 0.3 is 0 Å². The molecule has 1 aromatic rings. The van der Waals surface area contributed by atoms with Gasteiger partial charge in [0.1, 0.15) is 0 Å². The molecule has 0 spiro atoms. The number of allylic oxidation sites excluding steroid dienone is 2. The van der Waals surface area contributed by atoms with Crippen LogP contribution in [0, 0.1) is 0 Å². The van der Waals surface area contributed by atoms with Crippen LogP contribution in [-0.2, 0) is 9.59 Å². The molecule has 0 heterocycles. The molecule has 124 valence electrons. The number of nitrogens with one attached hydrogen (secondary N) is 2. The number of hydrogen-bond donors (Lipinski definition) is 3. The largest absolute Gasteiger partial charge is 0.353 e. The number of carbonyl (C=O) groups excluding carboxylic acids is 2. The summed E-state index contributed by atoms with van der Waals surface area (Å²) in [6.45, 7) is 0.560. The maximum absolute atomic E-state index is 11.5. The molecule has 0 saturated heterocycles. The lowest BCUT2D eigenvalue weighted by Crippen LogP contribution is -2.22. The van der Waals surface area contributed by atoms with Crippen LogP contribution >= 0.6 is 11.6 Å². The first-order valence-electron chi connectivity index (χ1n) is 7.43. The minimum atomic E-state index is -0.385. The smallest absolute Gasteiger partial charge is 0.243 e. The number of halogens is 1. The number of hydroxylamine groups is 1. The van der Waals surface area contributed by atoms with Gasteiger partial charge in [0.15, 0.2) is 0 Å². The van der Waals surface area contributed by atoms with Crippen LogP contribution in [0.4, 0.5) is 0 Å². The Bertz CT molecular complexity index is 553. The van der Waals surface area contributed by atoms with Crippen molar-refractivity contribution in [1.29, 1.82) is 0 Å². The van der Waals surface area contributed by atoms with Gasteiger partial charge in [0.05, 0.1) is 0 Å². The number of amides is 2. The summed E-state index contributed by atoms with van der Waals surface area (Å²) in [4.78, 5) is 22.3. The molecule has 6 heteroatoms. The molecule has 1 aromatic carbocycles. The average molecular weight is 337 g/mol. The summed E-state index contributed by atoms with van der Waals surface area (Å²) in [5.41, 5.74) is 2.59. The minimum absolute atomic E-state index is 0.154. The third-order valence-electron chi connectivity index (χ3n) is 3.02. The number of benzene rings is 1. The molecule has 0 radical (unpaired) electrons. The van der Waals surface area contributed by atoms with E-state index in [9.17, 15) is 9.59 Å². The SMILES string of the molecule is O=C(C=CC=Cc1ccc(Cl)cc1)NCCCCCC(=O)NO. The number of rotatable bonds is 9. The summed E-state index contributed by atoms with van der Waals surface area (Å²) in [5.74, 6) is -0.539. The van der Waals surface area contributed by atoms with Crippen molar-refractivity contribution in [3.63, 3.8) is 0 Å². The molecular weight excluding hydrogens is 316 g/mol. The van der Waals surface area contributed by atoms with Gasteiger partial charge < -0.3 is 5.32 Å². The van der Waals surface area contributed by atoms with E-state index in [-0.39, 0.29) is 11.8 Å². The molecule has 2 amide bonds. The van der Waals surface area contributed by atoms with Crippen LogP contribution in [0.1, 0.15) is 31.2 Å². The highest BCUT2D eigenvalue weighted by Gasteiger charge is 1.98. The highest BCUT2D eigenvalue weighted by molar-refractivity contribution is 6.30. The van der Waals surface area contributed by atoms with Crippen LogP contribution in [0.3, 0.4) is 0 Å². The van der Waals surface area contributed by atoms with Crippen LogP contribution in [0.15, 0.2) is 42.5 Å². The standard InChI is InChI=1S/C17H21ClN2O3/c18-15-11-9-14(10-12-15)6-3-4-7-16(21)19-13-5-1-2-8-17(22)20-23/h3-4,6-7,9-12,23H,1-2,5,8,13H2,(H,19,21)(H,20,22). The van der Waals surface area contributed by atoms with E-state index in [1.807, 2.05) is 30.3 Å². The molecule has 1 rings (SSSR count). The van der Waals surface area contributed by atoms with Crippen molar-refractivity contribution in [3.8, 4) is 0 Å². The fourth-order valence-electron chi connectivity index (χ4n) is 1.80. The van der Waals surface area contributed by atoms with Crippen molar-refractivity contribution in [1.82, 2.24) is 10.8 Å². The molecule has 0 atom stereocenters. The highest BCUT2D eigenvalue weighted by Crippen LogP contribution is 2.10. The maximum atomic E-state index is 11.5. The molecule has 0 aliphatic rings. The quantitative estimate of drug-likeness (QED) is 0.213. The summed E-state index contributed by atoms with van der Waals surface area (Å²) in [7, 11) is 0. The Balaban J connectivity index is 2.13. The zero-order valence-electron chi connectivity index (χ0n) is 12.8. The van der Waals surface area contributed by atoms with Crippen molar-refractivity contribution in [2.45, 2.75) is 25.7 Å². The normalized spacial score (nSPS) is 11.0. The van der Waals surface area contributed by atoms with E-state index in [4.69, 9.17) is 16.8 Å². The Hall–Kier alpha value is -2.11. The van der Waals surface area contributed by atoms with E-state index in [1.165, 1.54) is 6.08 Å². The Morgan fingerprint density at radius 2 is 1.83 bits per heavy atom. The fourth-order valence-corrected chi connectivity index (χ4v) is 1.92. The molecule has 0 unspecified atom stereocenters. The monoisotopic (exact) mass is 336 g/mol. The van der Waals surface area contributed by atoms with E-state index in [1.54, 1.807) is 17.6 Å². The molecule has 23 heavy (non-hydrogen) atoms. The number of carbonyl (C=O) groups is 2. The molecule has 0 aliphatic heterocycles. The average Bonchev–Trinajstić information content (AvgIpc) is 2.56. The molecular formula is C17H21ClN2O3. The first-order valence-corrected chi connectivity index (χ1v) is 7.80. The summed E-state index contributed by atoms with van der Waals surface area (Å²) in [6.07, 6.45) is 9.39. The molecule has 0 aliphatic carbocycles. The van der Waals surface area contributed by atoms with Crippen LogP contribution in [0.25, 0.3) is 6.08 Å². The van der Waals surface area contributed by atoms with Crippen LogP contribution in [0.2, 0.25) is 5.02 Å². The maximum Gasteiger partial charge on any atom is 0.243 e. The minimum Gasteiger partial charge on any atom is -0.353 e. The van der Waals surface area contributed by atoms with E-state index in [0.717, 1.165) is 18.4 Å². The van der Waals surface area contributed by atoms with Crippen molar-refractivity contribution in [2.75, 3.05) is 6.54 Å². The third kappa shape index (κ3) is 9.50. The predicted octanol–water partition coefficient (Wildman–Crippen LogP) is 3.09.